The predicted octanol–water partition coefficient (Wildman–Crippen LogP) is 5.25. The van der Waals surface area contributed by atoms with Crippen molar-refractivity contribution in [3.8, 4) is 5.75 Å². The Bertz CT molecular complexity index is 1230. The zero-order valence-electron chi connectivity index (χ0n) is 17.2. The van der Waals surface area contributed by atoms with E-state index in [1.54, 1.807) is 18.2 Å². The van der Waals surface area contributed by atoms with Crippen molar-refractivity contribution in [3.05, 3.63) is 64.1 Å². The number of thiophene rings is 1. The van der Waals surface area contributed by atoms with E-state index in [1.807, 2.05) is 17.5 Å². The van der Waals surface area contributed by atoms with Gasteiger partial charge in [-0.25, -0.2) is 9.02 Å². The Morgan fingerprint density at radius 1 is 1.09 bits per heavy atom. The lowest BCUT2D eigenvalue weighted by atomic mass is 10.1. The summed E-state index contributed by atoms with van der Waals surface area (Å²) in [6.07, 6.45) is 3.54. The first-order valence-electron chi connectivity index (χ1n) is 10.4. The number of nitrogens with one attached hydrogen (secondary N) is 1. The highest BCUT2D eigenvalue weighted by molar-refractivity contribution is 7.12. The first-order valence-corrected chi connectivity index (χ1v) is 11.3. The minimum atomic E-state index is -0.313. The zero-order chi connectivity index (χ0) is 21.9. The van der Waals surface area contributed by atoms with Gasteiger partial charge in [-0.3, -0.25) is 4.79 Å². The summed E-state index contributed by atoms with van der Waals surface area (Å²) in [4.78, 5) is 15.7. The highest BCUT2D eigenvalue weighted by atomic mass is 32.1. The number of hydrogen-bond donors (Lipinski definition) is 1. The highest BCUT2D eigenvalue weighted by Crippen LogP contribution is 2.32. The Labute approximate surface area is 187 Å². The molecule has 0 aliphatic carbocycles. The second-order valence-corrected chi connectivity index (χ2v) is 8.57. The average Bonchev–Trinajstić information content (AvgIpc) is 3.50. The number of amides is 1. The van der Waals surface area contributed by atoms with E-state index in [-0.39, 0.29) is 18.3 Å². The fourth-order valence-electron chi connectivity index (χ4n) is 3.80. The number of anilines is 2. The van der Waals surface area contributed by atoms with Gasteiger partial charge in [-0.1, -0.05) is 0 Å². The van der Waals surface area contributed by atoms with Crippen LogP contribution in [-0.2, 0) is 6.61 Å². The molecule has 5 rings (SSSR count). The van der Waals surface area contributed by atoms with Crippen LogP contribution in [-0.4, -0.2) is 29.3 Å². The van der Waals surface area contributed by atoms with Crippen molar-refractivity contribution in [1.82, 2.24) is 10.3 Å². The van der Waals surface area contributed by atoms with Gasteiger partial charge in [0.2, 0.25) is 0 Å². The summed E-state index contributed by atoms with van der Waals surface area (Å²) in [6.45, 7) is 2.24. The maximum absolute atomic E-state index is 13.0. The van der Waals surface area contributed by atoms with Crippen molar-refractivity contribution in [3.63, 3.8) is 0 Å². The van der Waals surface area contributed by atoms with Crippen molar-refractivity contribution in [2.45, 2.75) is 25.9 Å². The van der Waals surface area contributed by atoms with E-state index in [0.717, 1.165) is 37.2 Å². The van der Waals surface area contributed by atoms with Crippen LogP contribution >= 0.6 is 11.3 Å². The molecule has 2 aromatic carbocycles. The number of halogens is 1. The summed E-state index contributed by atoms with van der Waals surface area (Å²) in [5.74, 6) is 0.0172. The Kier molecular flexibility index (Phi) is 5.72. The number of piperidine rings is 1. The van der Waals surface area contributed by atoms with Crippen molar-refractivity contribution >= 4 is 39.7 Å². The molecule has 1 fully saturated rings. The fraction of sp³-hybridized carbons (Fsp3) is 0.261. The van der Waals surface area contributed by atoms with Gasteiger partial charge in [0.15, 0.2) is 11.0 Å². The molecule has 0 unspecified atom stereocenters. The number of benzene rings is 2. The number of fused-ring (bicyclic) bond motifs is 1. The van der Waals surface area contributed by atoms with Crippen LogP contribution in [0.25, 0.3) is 11.0 Å². The SMILES string of the molecule is O=C(Nc1ccc(N2CCCCC2)c2nonc12)c1cc(COc2ccc(F)cc2)cs1. The van der Waals surface area contributed by atoms with Gasteiger partial charge in [0.1, 0.15) is 18.2 Å². The Morgan fingerprint density at radius 3 is 2.69 bits per heavy atom. The third-order valence-corrected chi connectivity index (χ3v) is 6.41. The molecular formula is C23H21FN4O3S. The van der Waals surface area contributed by atoms with Gasteiger partial charge in [0.05, 0.1) is 16.3 Å². The number of nitrogens with zero attached hydrogens (tertiary/aromatic N) is 3. The van der Waals surface area contributed by atoms with Gasteiger partial charge in [-0.05, 0) is 77.4 Å². The second kappa shape index (κ2) is 8.96. The van der Waals surface area contributed by atoms with Crippen molar-refractivity contribution < 1.29 is 18.6 Å². The lowest BCUT2D eigenvalue weighted by molar-refractivity contribution is 0.103. The third kappa shape index (κ3) is 4.29. The van der Waals surface area contributed by atoms with Crippen molar-refractivity contribution in [2.24, 2.45) is 0 Å². The molecule has 0 saturated carbocycles. The van der Waals surface area contributed by atoms with Crippen LogP contribution in [0.5, 0.6) is 5.75 Å². The maximum Gasteiger partial charge on any atom is 0.265 e. The largest absolute Gasteiger partial charge is 0.489 e. The van der Waals surface area contributed by atoms with E-state index >= 15 is 0 Å². The highest BCUT2D eigenvalue weighted by Gasteiger charge is 2.20. The second-order valence-electron chi connectivity index (χ2n) is 7.66. The van der Waals surface area contributed by atoms with Gasteiger partial charge >= 0.3 is 0 Å². The average molecular weight is 453 g/mol. The smallest absolute Gasteiger partial charge is 0.265 e. The van der Waals surface area contributed by atoms with Crippen LogP contribution in [0.4, 0.5) is 15.8 Å². The standard InChI is InChI=1S/C23H21FN4O3S/c24-16-4-6-17(7-5-16)30-13-15-12-20(32-14-15)23(29)25-18-8-9-19(22-21(18)26-31-27-22)28-10-2-1-3-11-28/h4-9,12,14H,1-3,10-11,13H2,(H,25,29). The Balaban J connectivity index is 1.28. The molecule has 4 aromatic rings. The maximum atomic E-state index is 13.0. The minimum absolute atomic E-state index is 0.238. The van der Waals surface area contributed by atoms with Gasteiger partial charge in [0, 0.05) is 18.7 Å². The van der Waals surface area contributed by atoms with Crippen LogP contribution in [0, 0.1) is 5.82 Å². The molecule has 164 valence electrons. The van der Waals surface area contributed by atoms with Crippen LogP contribution < -0.4 is 15.0 Å². The normalized spacial score (nSPS) is 14.0. The van der Waals surface area contributed by atoms with Gasteiger partial charge in [0.25, 0.3) is 5.91 Å². The van der Waals surface area contributed by atoms with Crippen molar-refractivity contribution in [2.75, 3.05) is 23.3 Å². The van der Waals surface area contributed by atoms with Gasteiger partial charge in [-0.2, -0.15) is 0 Å². The van der Waals surface area contributed by atoms with Crippen LogP contribution in [0.3, 0.4) is 0 Å². The summed E-state index contributed by atoms with van der Waals surface area (Å²) >= 11 is 1.33. The van der Waals surface area contributed by atoms with E-state index < -0.39 is 0 Å². The molecular weight excluding hydrogens is 431 g/mol. The van der Waals surface area contributed by atoms with E-state index in [2.05, 4.69) is 20.5 Å². The molecule has 0 spiro atoms. The van der Waals surface area contributed by atoms with Gasteiger partial charge < -0.3 is 15.0 Å². The number of ether oxygens (including phenoxy) is 1. The monoisotopic (exact) mass is 452 g/mol. The van der Waals surface area contributed by atoms with Crippen molar-refractivity contribution in [1.29, 1.82) is 0 Å². The van der Waals surface area contributed by atoms with Crippen LogP contribution in [0.15, 0.2) is 52.5 Å². The number of rotatable bonds is 6. The van der Waals surface area contributed by atoms with E-state index in [1.165, 1.54) is 29.9 Å². The molecule has 0 atom stereocenters. The zero-order valence-corrected chi connectivity index (χ0v) is 18.0. The molecule has 1 aliphatic heterocycles. The predicted molar refractivity (Wildman–Crippen MR) is 121 cm³/mol. The fourth-order valence-corrected chi connectivity index (χ4v) is 4.59. The number of hydrogen-bond acceptors (Lipinski definition) is 7. The molecule has 1 aliphatic rings. The van der Waals surface area contributed by atoms with E-state index in [9.17, 15) is 9.18 Å². The lowest BCUT2D eigenvalue weighted by Crippen LogP contribution is -2.29. The first kappa shape index (κ1) is 20.4. The molecule has 0 radical (unpaired) electrons. The van der Waals surface area contributed by atoms with Gasteiger partial charge in [-0.15, -0.1) is 11.3 Å². The molecule has 1 amide bonds. The summed E-state index contributed by atoms with van der Waals surface area (Å²) < 4.78 is 23.6. The number of aromatic nitrogens is 2. The van der Waals surface area contributed by atoms with E-state index in [0.29, 0.717) is 27.3 Å². The topological polar surface area (TPSA) is 80.5 Å². The first-order chi connectivity index (χ1) is 15.7. The lowest BCUT2D eigenvalue weighted by Gasteiger charge is -2.28. The molecule has 32 heavy (non-hydrogen) atoms. The minimum Gasteiger partial charge on any atom is -0.489 e. The summed E-state index contributed by atoms with van der Waals surface area (Å²) in [6, 6.07) is 11.4. The summed E-state index contributed by atoms with van der Waals surface area (Å²) in [5, 5.41) is 12.9. The van der Waals surface area contributed by atoms with Crippen LogP contribution in [0.2, 0.25) is 0 Å². The number of carbonyl (C=O) groups is 1. The molecule has 1 saturated heterocycles. The molecule has 0 bridgehead atoms. The summed E-state index contributed by atoms with van der Waals surface area (Å²) in [5.41, 5.74) is 3.60. The molecule has 9 heteroatoms. The summed E-state index contributed by atoms with van der Waals surface area (Å²) in [7, 11) is 0. The third-order valence-electron chi connectivity index (χ3n) is 5.44. The molecule has 3 heterocycles. The van der Waals surface area contributed by atoms with E-state index in [4.69, 9.17) is 9.37 Å². The Morgan fingerprint density at radius 2 is 1.88 bits per heavy atom. The molecule has 7 nitrogen and oxygen atoms in total. The molecule has 2 aromatic heterocycles. The van der Waals surface area contributed by atoms with Crippen LogP contribution in [0.1, 0.15) is 34.5 Å². The quantitative estimate of drug-likeness (QED) is 0.431. The molecule has 1 N–H and O–H groups in total. The Hall–Kier alpha value is -3.46. The number of carbonyl (C=O) groups excluding carboxylic acids is 1.